The second-order valence-electron chi connectivity index (χ2n) is 7.02. The zero-order valence-electron chi connectivity index (χ0n) is 16.9. The first-order valence-electron chi connectivity index (χ1n) is 9.58. The number of fused-ring (bicyclic) bond motifs is 1. The van der Waals surface area contributed by atoms with E-state index in [0.717, 1.165) is 33.2 Å². The maximum absolute atomic E-state index is 13.6. The Hall–Kier alpha value is -3.23. The van der Waals surface area contributed by atoms with Gasteiger partial charge in [0.1, 0.15) is 5.58 Å². The van der Waals surface area contributed by atoms with Crippen molar-refractivity contribution in [2.24, 2.45) is 0 Å². The van der Waals surface area contributed by atoms with Crippen molar-refractivity contribution >= 4 is 43.2 Å². The fraction of sp³-hybridized carbons (Fsp3) is 0.130. The number of nitrogens with zero attached hydrogens (tertiary/aromatic N) is 1. The van der Waals surface area contributed by atoms with E-state index in [1.807, 2.05) is 13.8 Å². The first kappa shape index (κ1) is 21.0. The molecule has 1 heterocycles. The van der Waals surface area contributed by atoms with E-state index in [4.69, 9.17) is 4.42 Å². The van der Waals surface area contributed by atoms with Crippen LogP contribution in [-0.2, 0) is 16.4 Å². The van der Waals surface area contributed by atoms with Gasteiger partial charge >= 0.3 is 4.94 Å². The van der Waals surface area contributed by atoms with Gasteiger partial charge in [-0.15, -0.1) is 0 Å². The van der Waals surface area contributed by atoms with Crippen molar-refractivity contribution in [2.45, 2.75) is 25.2 Å². The minimum atomic E-state index is -4.22. The standard InChI is InChI=1S/C23H19NO5S2/c1-3-16-6-11-19(12-7-16)31(27,28)24(22(25)17-8-4-15(2)5-9-17)18-10-13-20-21(14-18)30-23(26)29-20/h4-14H,3H2,1-2H3. The summed E-state index contributed by atoms with van der Waals surface area (Å²) in [5.74, 6) is -0.685. The van der Waals surface area contributed by atoms with E-state index < -0.39 is 20.9 Å². The van der Waals surface area contributed by atoms with Crippen molar-refractivity contribution in [1.29, 1.82) is 0 Å². The topological polar surface area (TPSA) is 84.7 Å². The van der Waals surface area contributed by atoms with Crippen molar-refractivity contribution in [3.63, 3.8) is 0 Å². The molecule has 3 aromatic carbocycles. The first-order chi connectivity index (χ1) is 14.8. The molecule has 0 aliphatic heterocycles. The molecule has 4 aromatic rings. The van der Waals surface area contributed by atoms with Gasteiger partial charge < -0.3 is 4.42 Å². The number of carbonyl (C=O) groups is 1. The lowest BCUT2D eigenvalue weighted by Crippen LogP contribution is -2.37. The molecule has 1 aromatic heterocycles. The largest absolute Gasteiger partial charge is 0.414 e. The molecule has 0 fully saturated rings. The maximum atomic E-state index is 13.6. The molecule has 158 valence electrons. The molecule has 4 rings (SSSR count). The lowest BCUT2D eigenvalue weighted by Gasteiger charge is -2.23. The van der Waals surface area contributed by atoms with Crippen LogP contribution >= 0.6 is 11.3 Å². The number of sulfonamides is 1. The van der Waals surface area contributed by atoms with E-state index in [9.17, 15) is 18.0 Å². The summed E-state index contributed by atoms with van der Waals surface area (Å²) in [6, 6.07) is 17.6. The van der Waals surface area contributed by atoms with Crippen LogP contribution < -0.4 is 9.24 Å². The number of hydrogen-bond donors (Lipinski definition) is 0. The van der Waals surface area contributed by atoms with Crippen molar-refractivity contribution in [3.8, 4) is 0 Å². The van der Waals surface area contributed by atoms with E-state index >= 15 is 0 Å². The molecule has 0 spiro atoms. The molecule has 0 bridgehead atoms. The third-order valence-corrected chi connectivity index (χ3v) is 7.42. The summed E-state index contributed by atoms with van der Waals surface area (Å²) in [7, 11) is -4.22. The maximum Gasteiger partial charge on any atom is 0.396 e. The van der Waals surface area contributed by atoms with Gasteiger partial charge in [0, 0.05) is 5.56 Å². The summed E-state index contributed by atoms with van der Waals surface area (Å²) in [4.78, 5) is 24.5. The van der Waals surface area contributed by atoms with Crippen LogP contribution in [0, 0.1) is 6.92 Å². The highest BCUT2D eigenvalue weighted by atomic mass is 32.2. The molecule has 1 amide bonds. The van der Waals surface area contributed by atoms with Gasteiger partial charge in [0.2, 0.25) is 0 Å². The van der Waals surface area contributed by atoms with Gasteiger partial charge in [0.25, 0.3) is 15.9 Å². The molecule has 0 aliphatic carbocycles. The SMILES string of the molecule is CCc1ccc(S(=O)(=O)N(C(=O)c2ccc(C)cc2)c2ccc3oc(=O)sc3c2)cc1. The smallest absolute Gasteiger partial charge is 0.396 e. The van der Waals surface area contributed by atoms with Crippen LogP contribution in [0.15, 0.2) is 80.8 Å². The Morgan fingerprint density at radius 2 is 1.68 bits per heavy atom. The Morgan fingerprint density at radius 3 is 2.32 bits per heavy atom. The molecule has 0 radical (unpaired) electrons. The summed E-state index contributed by atoms with van der Waals surface area (Å²) >= 11 is 0.850. The Balaban J connectivity index is 1.89. The van der Waals surface area contributed by atoms with Crippen molar-refractivity contribution < 1.29 is 17.6 Å². The second-order valence-corrected chi connectivity index (χ2v) is 9.79. The predicted octanol–water partition coefficient (Wildman–Crippen LogP) is 4.76. The fourth-order valence-electron chi connectivity index (χ4n) is 3.17. The van der Waals surface area contributed by atoms with E-state index in [-0.39, 0.29) is 16.1 Å². The molecule has 0 saturated heterocycles. The van der Waals surface area contributed by atoms with Crippen molar-refractivity contribution in [1.82, 2.24) is 0 Å². The van der Waals surface area contributed by atoms with E-state index in [2.05, 4.69) is 0 Å². The first-order valence-corrected chi connectivity index (χ1v) is 11.8. The molecular formula is C23H19NO5S2. The van der Waals surface area contributed by atoms with Gasteiger partial charge in [-0.3, -0.25) is 4.79 Å². The molecule has 8 heteroatoms. The predicted molar refractivity (Wildman–Crippen MR) is 121 cm³/mol. The number of rotatable bonds is 5. The molecular weight excluding hydrogens is 434 g/mol. The summed E-state index contributed by atoms with van der Waals surface area (Å²) < 4.78 is 33.5. The number of aryl methyl sites for hydroxylation is 2. The van der Waals surface area contributed by atoms with Crippen LogP contribution in [0.1, 0.15) is 28.4 Å². The number of benzene rings is 3. The van der Waals surface area contributed by atoms with Crippen molar-refractivity contribution in [2.75, 3.05) is 4.31 Å². The molecule has 31 heavy (non-hydrogen) atoms. The lowest BCUT2D eigenvalue weighted by atomic mass is 10.1. The van der Waals surface area contributed by atoms with E-state index in [1.54, 1.807) is 36.4 Å². The third-order valence-electron chi connectivity index (χ3n) is 4.90. The van der Waals surface area contributed by atoms with Gasteiger partial charge in [0.15, 0.2) is 0 Å². The number of anilines is 1. The molecule has 0 N–H and O–H groups in total. The normalized spacial score (nSPS) is 11.5. The number of hydrogen-bond acceptors (Lipinski definition) is 6. The van der Waals surface area contributed by atoms with E-state index in [0.29, 0.717) is 10.3 Å². The van der Waals surface area contributed by atoms with Crippen LogP contribution in [0.3, 0.4) is 0 Å². The van der Waals surface area contributed by atoms with Crippen molar-refractivity contribution in [3.05, 3.63) is 93.2 Å². The average molecular weight is 454 g/mol. The Kier molecular flexibility index (Phi) is 5.51. The summed E-state index contributed by atoms with van der Waals surface area (Å²) in [5.41, 5.74) is 2.64. The summed E-state index contributed by atoms with van der Waals surface area (Å²) in [5, 5.41) is 0. The van der Waals surface area contributed by atoms with Crippen LogP contribution in [-0.4, -0.2) is 14.3 Å². The minimum Gasteiger partial charge on any atom is -0.414 e. The number of amides is 1. The van der Waals surface area contributed by atoms with Gasteiger partial charge in [-0.05, 0) is 61.4 Å². The fourth-order valence-corrected chi connectivity index (χ4v) is 5.28. The van der Waals surface area contributed by atoms with Crippen LogP contribution in [0.25, 0.3) is 10.3 Å². The van der Waals surface area contributed by atoms with Crippen LogP contribution in [0.2, 0.25) is 0 Å². The highest BCUT2D eigenvalue weighted by Crippen LogP contribution is 2.30. The summed E-state index contributed by atoms with van der Waals surface area (Å²) in [6.07, 6.45) is 0.766. The molecule has 0 aliphatic rings. The van der Waals surface area contributed by atoms with Gasteiger partial charge in [0.05, 0.1) is 15.3 Å². The van der Waals surface area contributed by atoms with Gasteiger partial charge in [-0.1, -0.05) is 48.1 Å². The third kappa shape index (κ3) is 4.04. The van der Waals surface area contributed by atoms with Crippen LogP contribution in [0.5, 0.6) is 0 Å². The second kappa shape index (κ2) is 8.13. The Bertz CT molecular complexity index is 1420. The highest BCUT2D eigenvalue weighted by molar-refractivity contribution is 7.93. The molecule has 0 unspecified atom stereocenters. The van der Waals surface area contributed by atoms with Gasteiger partial charge in [-0.25, -0.2) is 13.2 Å². The average Bonchev–Trinajstić information content (AvgIpc) is 3.13. The zero-order chi connectivity index (χ0) is 22.2. The molecule has 0 atom stereocenters. The Labute approximate surface area is 183 Å². The van der Waals surface area contributed by atoms with E-state index in [1.165, 1.54) is 30.3 Å². The van der Waals surface area contributed by atoms with Crippen LogP contribution in [0.4, 0.5) is 5.69 Å². The Morgan fingerprint density at radius 1 is 1.00 bits per heavy atom. The van der Waals surface area contributed by atoms with Gasteiger partial charge in [-0.2, -0.15) is 4.31 Å². The molecule has 0 saturated carbocycles. The zero-order valence-corrected chi connectivity index (χ0v) is 18.5. The molecule has 6 nitrogen and oxygen atoms in total. The quantitative estimate of drug-likeness (QED) is 0.435. The number of carbonyl (C=O) groups excluding carboxylic acids is 1. The highest BCUT2D eigenvalue weighted by Gasteiger charge is 2.32. The lowest BCUT2D eigenvalue weighted by molar-refractivity contribution is 0.101. The monoisotopic (exact) mass is 453 g/mol. The summed E-state index contributed by atoms with van der Waals surface area (Å²) in [6.45, 7) is 3.86. The minimum absolute atomic E-state index is 0.00522.